The maximum atomic E-state index is 13.6. The molecule has 2 N–H and O–H groups in total. The molecule has 0 bridgehead atoms. The Kier molecular flexibility index (Phi) is 6.85. The van der Waals surface area contributed by atoms with Gasteiger partial charge in [-0.15, -0.1) is 0 Å². The predicted molar refractivity (Wildman–Crippen MR) is 144 cm³/mol. The van der Waals surface area contributed by atoms with Crippen LogP contribution in [0.15, 0.2) is 78.9 Å². The minimum absolute atomic E-state index is 0.0339. The summed E-state index contributed by atoms with van der Waals surface area (Å²) in [6.07, 6.45) is 0.435. The third-order valence-electron chi connectivity index (χ3n) is 6.48. The number of nitrogens with one attached hydrogen (secondary N) is 2. The summed E-state index contributed by atoms with van der Waals surface area (Å²) >= 11 is 0. The first kappa shape index (κ1) is 25.3. The summed E-state index contributed by atoms with van der Waals surface area (Å²) in [7, 11) is 0. The van der Waals surface area contributed by atoms with E-state index in [1.54, 1.807) is 54.1 Å². The van der Waals surface area contributed by atoms with Crippen LogP contribution < -0.4 is 10.6 Å². The monoisotopic (exact) mass is 517 g/mol. The topological polar surface area (TPSA) is 134 Å². The number of amides is 2. The lowest BCUT2D eigenvalue weighted by Crippen LogP contribution is -2.29. The molecule has 0 aliphatic heterocycles. The van der Waals surface area contributed by atoms with Crippen molar-refractivity contribution in [2.75, 3.05) is 10.6 Å². The van der Waals surface area contributed by atoms with E-state index in [1.165, 1.54) is 0 Å². The van der Waals surface area contributed by atoms with Gasteiger partial charge >= 0.3 is 0 Å². The molecule has 39 heavy (non-hydrogen) atoms. The standard InChI is InChI=1S/C30H23N5O4/c1-2-25(36)30(39)33-20-14-13-18-15-23-26(28(37)24(17-31)29(38)32-19-9-5-3-6-10-19)34-35(27(23)22(18)16-20)21-11-7-4-8-12-21/h3-14,16,24H,2,15H2,1H3,(H,32,38)(H,33,39). The van der Waals surface area contributed by atoms with E-state index in [0.717, 1.165) is 11.1 Å². The van der Waals surface area contributed by atoms with Crippen molar-refractivity contribution in [1.82, 2.24) is 9.78 Å². The number of aromatic nitrogens is 2. The Morgan fingerprint density at radius 1 is 0.949 bits per heavy atom. The van der Waals surface area contributed by atoms with E-state index in [-0.39, 0.29) is 12.1 Å². The van der Waals surface area contributed by atoms with Crippen LogP contribution in [0.2, 0.25) is 0 Å². The molecule has 0 saturated heterocycles. The van der Waals surface area contributed by atoms with Gasteiger partial charge in [0.15, 0.2) is 5.92 Å². The molecule has 5 rings (SSSR count). The summed E-state index contributed by atoms with van der Waals surface area (Å²) in [6, 6.07) is 24.9. The first-order chi connectivity index (χ1) is 18.9. The van der Waals surface area contributed by atoms with E-state index in [9.17, 15) is 24.4 Å². The summed E-state index contributed by atoms with van der Waals surface area (Å²) in [4.78, 5) is 50.5. The van der Waals surface area contributed by atoms with Crippen LogP contribution in [0.5, 0.6) is 0 Å². The number of Topliss-reactive ketones (excluding diaryl/α,β-unsaturated/α-hetero) is 2. The van der Waals surface area contributed by atoms with E-state index >= 15 is 0 Å². The number of hydrogen-bond acceptors (Lipinski definition) is 6. The average Bonchev–Trinajstić information content (AvgIpc) is 3.51. The third kappa shape index (κ3) is 4.83. The van der Waals surface area contributed by atoms with Crippen LogP contribution in [0.25, 0.3) is 16.9 Å². The highest BCUT2D eigenvalue weighted by molar-refractivity contribution is 6.40. The first-order valence-corrected chi connectivity index (χ1v) is 12.4. The Bertz CT molecular complexity index is 1650. The highest BCUT2D eigenvalue weighted by Gasteiger charge is 2.36. The van der Waals surface area contributed by atoms with Crippen LogP contribution in [0.1, 0.15) is 35.0 Å². The van der Waals surface area contributed by atoms with Gasteiger partial charge in [-0.05, 0) is 42.0 Å². The van der Waals surface area contributed by atoms with Gasteiger partial charge in [0, 0.05) is 35.3 Å². The zero-order chi connectivity index (χ0) is 27.5. The molecule has 2 amide bonds. The normalized spacial score (nSPS) is 12.0. The summed E-state index contributed by atoms with van der Waals surface area (Å²) in [6.45, 7) is 1.61. The molecule has 1 aromatic heterocycles. The molecule has 1 aliphatic carbocycles. The number of fused-ring (bicyclic) bond motifs is 3. The molecule has 1 atom stereocenters. The molecule has 0 radical (unpaired) electrons. The largest absolute Gasteiger partial charge is 0.325 e. The number of benzene rings is 3. The second-order valence-corrected chi connectivity index (χ2v) is 8.98. The van der Waals surface area contributed by atoms with E-state index in [1.807, 2.05) is 42.5 Å². The molecule has 0 fully saturated rings. The first-order valence-electron chi connectivity index (χ1n) is 12.4. The summed E-state index contributed by atoms with van der Waals surface area (Å²) < 4.78 is 1.61. The van der Waals surface area contributed by atoms with Gasteiger partial charge in [-0.3, -0.25) is 19.2 Å². The zero-order valence-electron chi connectivity index (χ0n) is 21.0. The molecule has 9 nitrogen and oxygen atoms in total. The van der Waals surface area contributed by atoms with Crippen LogP contribution in [0, 0.1) is 17.2 Å². The minimum Gasteiger partial charge on any atom is -0.325 e. The van der Waals surface area contributed by atoms with Crippen LogP contribution >= 0.6 is 0 Å². The van der Waals surface area contributed by atoms with Crippen LogP contribution in [0.4, 0.5) is 11.4 Å². The minimum atomic E-state index is -1.60. The van der Waals surface area contributed by atoms with Crippen molar-refractivity contribution in [3.63, 3.8) is 0 Å². The lowest BCUT2D eigenvalue weighted by atomic mass is 9.98. The Hall–Kier alpha value is -5.36. The SMILES string of the molecule is CCC(=O)C(=O)Nc1ccc2c(c1)-c1c(c(C(=O)C(C#N)C(=O)Nc3ccccc3)nn1-c1ccccc1)C2. The fourth-order valence-electron chi connectivity index (χ4n) is 4.54. The van der Waals surface area contributed by atoms with Gasteiger partial charge in [0.25, 0.3) is 5.91 Å². The van der Waals surface area contributed by atoms with E-state index in [0.29, 0.717) is 34.7 Å². The van der Waals surface area contributed by atoms with Crippen molar-refractivity contribution in [2.45, 2.75) is 19.8 Å². The number of carbonyl (C=O) groups excluding carboxylic acids is 4. The summed E-state index contributed by atoms with van der Waals surface area (Å²) in [5, 5.41) is 19.6. The van der Waals surface area contributed by atoms with Crippen molar-refractivity contribution >= 4 is 34.8 Å². The Morgan fingerprint density at radius 3 is 2.31 bits per heavy atom. The number of rotatable bonds is 8. The highest BCUT2D eigenvalue weighted by atomic mass is 16.2. The number of ketones is 2. The molecule has 0 saturated carbocycles. The molecular weight excluding hydrogens is 494 g/mol. The fourth-order valence-corrected chi connectivity index (χ4v) is 4.54. The molecule has 9 heteroatoms. The molecule has 192 valence electrons. The number of hydrogen-bond donors (Lipinski definition) is 2. The van der Waals surface area contributed by atoms with Crippen molar-refractivity contribution in [3.05, 3.63) is 95.7 Å². The van der Waals surface area contributed by atoms with E-state index < -0.39 is 29.3 Å². The number of nitrogens with zero attached hydrogens (tertiary/aromatic N) is 3. The van der Waals surface area contributed by atoms with Gasteiger partial charge < -0.3 is 10.6 Å². The van der Waals surface area contributed by atoms with E-state index in [2.05, 4.69) is 15.7 Å². The van der Waals surface area contributed by atoms with Gasteiger partial charge in [-0.25, -0.2) is 4.68 Å². The second-order valence-electron chi connectivity index (χ2n) is 8.98. The van der Waals surface area contributed by atoms with Crippen molar-refractivity contribution < 1.29 is 19.2 Å². The molecule has 3 aromatic carbocycles. The quantitative estimate of drug-likeness (QED) is 0.179. The Morgan fingerprint density at radius 2 is 1.64 bits per heavy atom. The molecular formula is C30H23N5O4. The van der Waals surface area contributed by atoms with Gasteiger partial charge in [-0.2, -0.15) is 10.4 Å². The lowest BCUT2D eigenvalue weighted by Gasteiger charge is -2.10. The Balaban J connectivity index is 1.56. The number of carbonyl (C=O) groups is 4. The number of nitriles is 1. The predicted octanol–water partition coefficient (Wildman–Crippen LogP) is 4.32. The number of para-hydroxylation sites is 2. The van der Waals surface area contributed by atoms with Gasteiger partial charge in [-0.1, -0.05) is 49.4 Å². The van der Waals surface area contributed by atoms with Crippen molar-refractivity contribution in [1.29, 1.82) is 5.26 Å². The number of anilines is 2. The zero-order valence-corrected chi connectivity index (χ0v) is 21.0. The van der Waals surface area contributed by atoms with Crippen LogP contribution in [-0.2, 0) is 20.8 Å². The molecule has 1 aliphatic rings. The Labute approximate surface area is 224 Å². The summed E-state index contributed by atoms with van der Waals surface area (Å²) in [5.41, 5.74) is 4.42. The maximum absolute atomic E-state index is 13.6. The van der Waals surface area contributed by atoms with Gasteiger partial charge in [0.1, 0.15) is 5.69 Å². The third-order valence-corrected chi connectivity index (χ3v) is 6.48. The van der Waals surface area contributed by atoms with Gasteiger partial charge in [0.05, 0.1) is 17.5 Å². The average molecular weight is 518 g/mol. The molecule has 0 spiro atoms. The van der Waals surface area contributed by atoms with Gasteiger partial charge in [0.2, 0.25) is 17.5 Å². The molecule has 1 heterocycles. The second kappa shape index (κ2) is 10.6. The smallest absolute Gasteiger partial charge is 0.291 e. The maximum Gasteiger partial charge on any atom is 0.291 e. The van der Waals surface area contributed by atoms with Crippen molar-refractivity contribution in [2.24, 2.45) is 5.92 Å². The molecule has 1 unspecified atom stereocenters. The lowest BCUT2D eigenvalue weighted by molar-refractivity contribution is -0.134. The van der Waals surface area contributed by atoms with Crippen LogP contribution in [0.3, 0.4) is 0 Å². The van der Waals surface area contributed by atoms with E-state index in [4.69, 9.17) is 0 Å². The van der Waals surface area contributed by atoms with Crippen LogP contribution in [-0.4, -0.2) is 33.2 Å². The summed E-state index contributed by atoms with van der Waals surface area (Å²) in [5.74, 6) is -4.28. The highest BCUT2D eigenvalue weighted by Crippen LogP contribution is 2.41. The van der Waals surface area contributed by atoms with Crippen molar-refractivity contribution in [3.8, 4) is 23.0 Å². The fraction of sp³-hybridized carbons (Fsp3) is 0.133. The molecule has 4 aromatic rings.